The summed E-state index contributed by atoms with van der Waals surface area (Å²) >= 11 is 0. The molecule has 3 rings (SSSR count). The minimum absolute atomic E-state index is 0.186. The Balaban J connectivity index is 1.77. The molecule has 3 N–H and O–H groups in total. The molecule has 0 aliphatic heterocycles. The van der Waals surface area contributed by atoms with Gasteiger partial charge in [0.25, 0.3) is 5.91 Å². The molecule has 1 heterocycles. The first-order valence-electron chi connectivity index (χ1n) is 7.41. The summed E-state index contributed by atoms with van der Waals surface area (Å²) in [6, 6.07) is 7.12. The highest BCUT2D eigenvalue weighted by molar-refractivity contribution is 5.93. The molecule has 2 aromatic rings. The molecule has 0 atom stereocenters. The lowest BCUT2D eigenvalue weighted by atomic mass is 10.2. The first-order chi connectivity index (χ1) is 11.1. The van der Waals surface area contributed by atoms with Crippen molar-refractivity contribution in [1.82, 2.24) is 25.6 Å². The van der Waals surface area contributed by atoms with E-state index >= 15 is 0 Å². The number of nitrogens with zero attached hydrogens (tertiary/aromatic N) is 3. The van der Waals surface area contributed by atoms with Crippen LogP contribution in [-0.2, 0) is 0 Å². The van der Waals surface area contributed by atoms with Crippen molar-refractivity contribution in [1.29, 1.82) is 0 Å². The smallest absolute Gasteiger partial charge is 0.318 e. The topological polar surface area (TPSA) is 101 Å². The van der Waals surface area contributed by atoms with E-state index in [1.807, 2.05) is 0 Å². The normalized spacial score (nSPS) is 13.5. The van der Waals surface area contributed by atoms with Gasteiger partial charge in [-0.05, 0) is 44.0 Å². The fourth-order valence-corrected chi connectivity index (χ4v) is 2.15. The number of carbonyl (C=O) groups excluding carboxylic acids is 2. The van der Waals surface area contributed by atoms with Crippen LogP contribution in [0.3, 0.4) is 0 Å². The summed E-state index contributed by atoms with van der Waals surface area (Å²) < 4.78 is 1.60. The Kier molecular flexibility index (Phi) is 3.96. The van der Waals surface area contributed by atoms with Crippen molar-refractivity contribution in [2.24, 2.45) is 0 Å². The Labute approximate surface area is 133 Å². The Hall–Kier alpha value is -2.90. The van der Waals surface area contributed by atoms with Crippen LogP contribution in [0.2, 0.25) is 0 Å². The Morgan fingerprint density at radius 3 is 2.52 bits per heavy atom. The maximum Gasteiger partial charge on any atom is 0.318 e. The standard InChI is InChI=1S/C15H18N6O2/c1-9-13(14(22)17-10-3-4-10)19-20-21(9)12-7-5-11(6-8-12)18-15(23)16-2/h5-8,10H,3-4H2,1-2H3,(H,17,22)(H2,16,18,23). The van der Waals surface area contributed by atoms with Gasteiger partial charge in [-0.15, -0.1) is 5.10 Å². The highest BCUT2D eigenvalue weighted by Gasteiger charge is 2.26. The quantitative estimate of drug-likeness (QED) is 0.790. The molecule has 8 nitrogen and oxygen atoms in total. The highest BCUT2D eigenvalue weighted by Crippen LogP contribution is 2.20. The van der Waals surface area contributed by atoms with Crippen LogP contribution >= 0.6 is 0 Å². The van der Waals surface area contributed by atoms with Crippen molar-refractivity contribution < 1.29 is 9.59 Å². The molecular formula is C15H18N6O2. The van der Waals surface area contributed by atoms with Gasteiger partial charge in [0.05, 0.1) is 11.4 Å². The summed E-state index contributed by atoms with van der Waals surface area (Å²) in [6.45, 7) is 1.80. The monoisotopic (exact) mass is 314 g/mol. The third-order valence-electron chi connectivity index (χ3n) is 3.62. The Bertz CT molecular complexity index is 733. The van der Waals surface area contributed by atoms with Gasteiger partial charge in [-0.2, -0.15) is 0 Å². The van der Waals surface area contributed by atoms with Crippen LogP contribution in [-0.4, -0.2) is 40.0 Å². The van der Waals surface area contributed by atoms with E-state index in [4.69, 9.17) is 0 Å². The highest BCUT2D eigenvalue weighted by atomic mass is 16.2. The van der Waals surface area contributed by atoms with Gasteiger partial charge in [0.15, 0.2) is 5.69 Å². The van der Waals surface area contributed by atoms with Crippen molar-refractivity contribution in [2.75, 3.05) is 12.4 Å². The Morgan fingerprint density at radius 2 is 1.91 bits per heavy atom. The van der Waals surface area contributed by atoms with E-state index < -0.39 is 0 Å². The average Bonchev–Trinajstić information content (AvgIpc) is 3.28. The number of carbonyl (C=O) groups is 2. The number of anilines is 1. The second-order valence-electron chi connectivity index (χ2n) is 5.43. The third-order valence-corrected chi connectivity index (χ3v) is 3.62. The summed E-state index contributed by atoms with van der Waals surface area (Å²) in [5.41, 5.74) is 2.44. The molecule has 8 heteroatoms. The fourth-order valence-electron chi connectivity index (χ4n) is 2.15. The molecule has 120 valence electrons. The average molecular weight is 314 g/mol. The molecule has 0 unspecified atom stereocenters. The molecular weight excluding hydrogens is 296 g/mol. The van der Waals surface area contributed by atoms with Gasteiger partial charge < -0.3 is 16.0 Å². The molecule has 1 fully saturated rings. The van der Waals surface area contributed by atoms with Crippen molar-refractivity contribution in [3.8, 4) is 5.69 Å². The predicted octanol–water partition coefficient (Wildman–Crippen LogP) is 1.22. The number of nitrogens with one attached hydrogen (secondary N) is 3. The van der Waals surface area contributed by atoms with Crippen LogP contribution in [0, 0.1) is 6.92 Å². The summed E-state index contributed by atoms with van der Waals surface area (Å²) in [7, 11) is 1.55. The zero-order chi connectivity index (χ0) is 16.4. The number of hydrogen-bond donors (Lipinski definition) is 3. The van der Waals surface area contributed by atoms with Crippen LogP contribution in [0.5, 0.6) is 0 Å². The summed E-state index contributed by atoms with van der Waals surface area (Å²) in [4.78, 5) is 23.4. The van der Waals surface area contributed by atoms with Gasteiger partial charge >= 0.3 is 6.03 Å². The molecule has 1 aliphatic rings. The predicted molar refractivity (Wildman–Crippen MR) is 84.7 cm³/mol. The van der Waals surface area contributed by atoms with Crippen molar-refractivity contribution in [3.05, 3.63) is 35.7 Å². The molecule has 1 aromatic heterocycles. The lowest BCUT2D eigenvalue weighted by Crippen LogP contribution is -2.26. The van der Waals surface area contributed by atoms with E-state index in [-0.39, 0.29) is 18.0 Å². The summed E-state index contributed by atoms with van der Waals surface area (Å²) in [5, 5.41) is 16.1. The largest absolute Gasteiger partial charge is 0.348 e. The van der Waals surface area contributed by atoms with E-state index in [9.17, 15) is 9.59 Å². The van der Waals surface area contributed by atoms with Crippen molar-refractivity contribution >= 4 is 17.6 Å². The summed E-state index contributed by atoms with van der Waals surface area (Å²) in [6.07, 6.45) is 2.05. The molecule has 0 spiro atoms. The first-order valence-corrected chi connectivity index (χ1v) is 7.41. The van der Waals surface area contributed by atoms with Crippen molar-refractivity contribution in [2.45, 2.75) is 25.8 Å². The molecule has 3 amide bonds. The second-order valence-corrected chi connectivity index (χ2v) is 5.43. The zero-order valence-corrected chi connectivity index (χ0v) is 13.0. The van der Waals surface area contributed by atoms with Crippen LogP contribution in [0.25, 0.3) is 5.69 Å². The Morgan fingerprint density at radius 1 is 1.22 bits per heavy atom. The molecule has 0 radical (unpaired) electrons. The van der Waals surface area contributed by atoms with Gasteiger partial charge in [-0.3, -0.25) is 4.79 Å². The molecule has 1 aliphatic carbocycles. The van der Waals surface area contributed by atoms with Crippen LogP contribution < -0.4 is 16.0 Å². The number of hydrogen-bond acceptors (Lipinski definition) is 4. The summed E-state index contributed by atoms with van der Waals surface area (Å²) in [5.74, 6) is -0.186. The fraction of sp³-hybridized carbons (Fsp3) is 0.333. The van der Waals surface area contributed by atoms with Crippen LogP contribution in [0.15, 0.2) is 24.3 Å². The lowest BCUT2D eigenvalue weighted by molar-refractivity contribution is 0.0945. The van der Waals surface area contributed by atoms with E-state index in [2.05, 4.69) is 26.3 Å². The SMILES string of the molecule is CNC(=O)Nc1ccc(-n2nnc(C(=O)NC3CC3)c2C)cc1. The maximum absolute atomic E-state index is 12.1. The van der Waals surface area contributed by atoms with Gasteiger partial charge in [0, 0.05) is 18.8 Å². The molecule has 0 bridgehead atoms. The number of benzene rings is 1. The molecule has 1 aromatic carbocycles. The number of urea groups is 1. The molecule has 1 saturated carbocycles. The molecule has 23 heavy (non-hydrogen) atoms. The minimum Gasteiger partial charge on any atom is -0.348 e. The minimum atomic E-state index is -0.284. The lowest BCUT2D eigenvalue weighted by Gasteiger charge is -2.07. The van der Waals surface area contributed by atoms with Crippen LogP contribution in [0.4, 0.5) is 10.5 Å². The second kappa shape index (κ2) is 6.07. The number of amides is 3. The van der Waals surface area contributed by atoms with Gasteiger partial charge in [0.2, 0.25) is 0 Å². The van der Waals surface area contributed by atoms with E-state index in [0.29, 0.717) is 17.1 Å². The van der Waals surface area contributed by atoms with Gasteiger partial charge in [-0.25, -0.2) is 9.48 Å². The van der Waals surface area contributed by atoms with E-state index in [1.54, 1.807) is 42.9 Å². The maximum atomic E-state index is 12.1. The number of rotatable bonds is 4. The van der Waals surface area contributed by atoms with Gasteiger partial charge in [0.1, 0.15) is 0 Å². The van der Waals surface area contributed by atoms with E-state index in [1.165, 1.54) is 0 Å². The first kappa shape index (κ1) is 15.0. The van der Waals surface area contributed by atoms with Crippen LogP contribution in [0.1, 0.15) is 29.0 Å². The number of aromatic nitrogens is 3. The molecule has 0 saturated heterocycles. The van der Waals surface area contributed by atoms with E-state index in [0.717, 1.165) is 18.5 Å². The van der Waals surface area contributed by atoms with Crippen molar-refractivity contribution in [3.63, 3.8) is 0 Å². The zero-order valence-electron chi connectivity index (χ0n) is 13.0. The van der Waals surface area contributed by atoms with Gasteiger partial charge in [-0.1, -0.05) is 5.21 Å². The third kappa shape index (κ3) is 3.31.